The van der Waals surface area contributed by atoms with E-state index in [1.807, 2.05) is 0 Å². The fraction of sp³-hybridized carbons (Fsp3) is 0.826. The van der Waals surface area contributed by atoms with Gasteiger partial charge in [0.2, 0.25) is 11.8 Å². The Morgan fingerprint density at radius 2 is 1.14 bits per heavy atom. The number of halogens is 3. The van der Waals surface area contributed by atoms with Gasteiger partial charge in [-0.15, -0.1) is 0 Å². The maximum Gasteiger partial charge on any atom is 0.430 e. The van der Waals surface area contributed by atoms with Gasteiger partial charge in [0.05, 0.1) is 0 Å². The lowest BCUT2D eigenvalue weighted by Crippen LogP contribution is -2.69. The molecular weight excluding hydrogens is 469 g/mol. The van der Waals surface area contributed by atoms with E-state index < -0.39 is 30.1 Å². The summed E-state index contributed by atoms with van der Waals surface area (Å²) in [5, 5.41) is 14.4. The summed E-state index contributed by atoms with van der Waals surface area (Å²) in [4.78, 5) is 45.7. The Morgan fingerprint density at radius 1 is 0.771 bits per heavy atom. The van der Waals surface area contributed by atoms with Gasteiger partial charge in [-0.1, -0.05) is 72.1 Å². The quantitative estimate of drug-likeness (QED) is 0.214. The maximum absolute atomic E-state index is 12.7. The first-order valence-corrected chi connectivity index (χ1v) is 12.3. The molecule has 0 unspecified atom stereocenters. The molecule has 206 valence electrons. The van der Waals surface area contributed by atoms with Gasteiger partial charge in [0.15, 0.2) is 6.04 Å². The van der Waals surface area contributed by atoms with Crippen molar-refractivity contribution in [3.05, 3.63) is 0 Å². The van der Waals surface area contributed by atoms with E-state index in [1.54, 1.807) is 0 Å². The predicted octanol–water partition coefficient (Wildman–Crippen LogP) is 1.09. The number of rotatable bonds is 17. The molecule has 0 spiro atoms. The highest BCUT2D eigenvalue weighted by atomic mass is 19.4. The number of amides is 3. The Labute approximate surface area is 205 Å². The van der Waals surface area contributed by atoms with Crippen LogP contribution in [-0.2, 0) is 19.2 Å². The van der Waals surface area contributed by atoms with Crippen molar-refractivity contribution in [1.82, 2.24) is 10.6 Å². The molecule has 0 rings (SSSR count). The topological polar surface area (TPSA) is 169 Å². The number of carbonyl (C=O) groups is 4. The molecule has 3 atom stereocenters. The van der Waals surface area contributed by atoms with Crippen molar-refractivity contribution in [1.29, 1.82) is 0 Å². The molecule has 0 aliphatic carbocycles. The number of carboxylic acid groups (broad SMARTS) is 1. The first-order valence-electron chi connectivity index (χ1n) is 12.3. The minimum absolute atomic E-state index is 0.200. The summed E-state index contributed by atoms with van der Waals surface area (Å²) in [6.45, 7) is 6.28. The zero-order chi connectivity index (χ0) is 27.4. The molecule has 0 aromatic heterocycles. The van der Waals surface area contributed by atoms with Crippen molar-refractivity contribution in [3.63, 3.8) is 0 Å². The number of unbranched alkanes of at least 4 members (excludes halogenated alkanes) is 6. The summed E-state index contributed by atoms with van der Waals surface area (Å²) in [7, 11) is 0. The average molecular weight is 513 g/mol. The minimum Gasteiger partial charge on any atom is -0.542 e. The third-order valence-corrected chi connectivity index (χ3v) is 5.24. The molecule has 0 radical (unpaired) electrons. The van der Waals surface area contributed by atoms with Crippen LogP contribution in [0, 0.1) is 0 Å². The second-order valence-corrected chi connectivity index (χ2v) is 8.49. The molecule has 0 aromatic rings. The van der Waals surface area contributed by atoms with E-state index in [0.717, 1.165) is 57.8 Å². The zero-order valence-electron chi connectivity index (χ0n) is 21.2. The number of primary amides is 1. The van der Waals surface area contributed by atoms with E-state index >= 15 is 0 Å². The molecule has 0 saturated carbocycles. The molecule has 7 N–H and O–H groups in total. The minimum atomic E-state index is -5.19. The van der Waals surface area contributed by atoms with Gasteiger partial charge in [-0.05, 0) is 19.3 Å². The standard InChI is InChI=1S/C21H42N4O3.C2HF3O2/c1-4-7-10-13-16(22)20(27)25-18(15-12-9-6-3)21(28)24-17(19(23)26)14-11-8-5-2;3-2(4,5)1(6)7/h16-18H,4-15,22H2,1-3H3,(H2,23,26)(H,24,28)(H,25,27);(H,6,7)/t16-,17-,18-;/m0./s1. The fourth-order valence-electron chi connectivity index (χ4n) is 3.09. The van der Waals surface area contributed by atoms with Gasteiger partial charge < -0.3 is 32.0 Å². The first kappa shape index (κ1) is 34.8. The van der Waals surface area contributed by atoms with Crippen LogP contribution in [0.3, 0.4) is 0 Å². The lowest BCUT2D eigenvalue weighted by molar-refractivity contribution is -0.405. The van der Waals surface area contributed by atoms with E-state index in [9.17, 15) is 27.6 Å². The van der Waals surface area contributed by atoms with Crippen LogP contribution in [0.4, 0.5) is 13.2 Å². The molecule has 0 aliphatic heterocycles. The summed E-state index contributed by atoms with van der Waals surface area (Å²) in [6, 6.07) is -1.71. The average Bonchev–Trinajstić information content (AvgIpc) is 2.77. The molecule has 3 amide bonds. The van der Waals surface area contributed by atoms with E-state index in [2.05, 4.69) is 37.1 Å². The lowest BCUT2D eigenvalue weighted by Gasteiger charge is -2.22. The third-order valence-electron chi connectivity index (χ3n) is 5.24. The monoisotopic (exact) mass is 512 g/mol. The van der Waals surface area contributed by atoms with Gasteiger partial charge in [-0.3, -0.25) is 14.4 Å². The molecule has 0 aromatic carbocycles. The summed E-state index contributed by atoms with van der Waals surface area (Å²) in [5.74, 6) is -4.06. The van der Waals surface area contributed by atoms with Crippen LogP contribution < -0.4 is 27.2 Å². The van der Waals surface area contributed by atoms with Crippen LogP contribution in [-0.4, -0.2) is 48.0 Å². The first-order chi connectivity index (χ1) is 16.3. The van der Waals surface area contributed by atoms with Crippen LogP contribution in [0.15, 0.2) is 0 Å². The smallest absolute Gasteiger partial charge is 0.430 e. The zero-order valence-corrected chi connectivity index (χ0v) is 21.2. The highest BCUT2D eigenvalue weighted by Gasteiger charge is 2.29. The Balaban J connectivity index is 0. The van der Waals surface area contributed by atoms with Gasteiger partial charge in [0, 0.05) is 6.42 Å². The Morgan fingerprint density at radius 3 is 1.51 bits per heavy atom. The highest BCUT2D eigenvalue weighted by molar-refractivity contribution is 5.92. The number of hydrogen-bond acceptors (Lipinski definition) is 5. The van der Waals surface area contributed by atoms with Crippen LogP contribution in [0.2, 0.25) is 0 Å². The predicted molar refractivity (Wildman–Crippen MR) is 123 cm³/mol. The molecule has 0 aliphatic rings. The van der Waals surface area contributed by atoms with E-state index in [-0.39, 0.29) is 17.9 Å². The fourth-order valence-corrected chi connectivity index (χ4v) is 3.09. The second kappa shape index (κ2) is 19.9. The maximum atomic E-state index is 12.7. The summed E-state index contributed by atoms with van der Waals surface area (Å²) >= 11 is 0. The molecule has 35 heavy (non-hydrogen) atoms. The van der Waals surface area contributed by atoms with Crippen LogP contribution in [0.5, 0.6) is 0 Å². The van der Waals surface area contributed by atoms with Gasteiger partial charge in [-0.2, -0.15) is 13.2 Å². The van der Waals surface area contributed by atoms with Crippen LogP contribution >= 0.6 is 0 Å². The van der Waals surface area contributed by atoms with Gasteiger partial charge in [-0.25, -0.2) is 0 Å². The number of nitrogens with two attached hydrogens (primary N) is 1. The van der Waals surface area contributed by atoms with Crippen LogP contribution in [0.25, 0.3) is 0 Å². The SMILES string of the molecule is CCCCC[C@H](NC(=O)[C@H](CCCCC)NC(=O)[C@@H]([NH3+])CCCCC)C(N)=O.O=C([O-])C(F)(F)F. The van der Waals surface area contributed by atoms with Gasteiger partial charge in [0.1, 0.15) is 18.1 Å². The number of carbonyl (C=O) groups excluding carboxylic acids is 4. The van der Waals surface area contributed by atoms with Crippen molar-refractivity contribution in [2.45, 2.75) is 122 Å². The Kier molecular flexibility index (Phi) is 19.8. The lowest BCUT2D eigenvalue weighted by atomic mass is 10.0. The van der Waals surface area contributed by atoms with Crippen molar-refractivity contribution in [2.75, 3.05) is 0 Å². The van der Waals surface area contributed by atoms with E-state index in [4.69, 9.17) is 15.6 Å². The number of nitrogens with one attached hydrogen (secondary N) is 2. The molecule has 9 nitrogen and oxygen atoms in total. The molecule has 0 fully saturated rings. The summed E-state index contributed by atoms with van der Waals surface area (Å²) < 4.78 is 31.5. The number of alkyl halides is 3. The normalized spacial score (nSPS) is 13.6. The third kappa shape index (κ3) is 18.6. The van der Waals surface area contributed by atoms with Crippen molar-refractivity contribution >= 4 is 23.7 Å². The molecule has 12 heteroatoms. The van der Waals surface area contributed by atoms with Gasteiger partial charge >= 0.3 is 6.18 Å². The van der Waals surface area contributed by atoms with E-state index in [1.165, 1.54) is 0 Å². The summed E-state index contributed by atoms with van der Waals surface area (Å²) in [5.41, 5.74) is 9.40. The number of hydrogen-bond donors (Lipinski definition) is 4. The van der Waals surface area contributed by atoms with Crippen LogP contribution in [0.1, 0.15) is 97.8 Å². The number of carboxylic acids is 1. The molecular formula is C23H43F3N4O5. The molecule has 0 bridgehead atoms. The Hall–Kier alpha value is -2.37. The largest absolute Gasteiger partial charge is 0.542 e. The second-order valence-electron chi connectivity index (χ2n) is 8.49. The Bertz CT molecular complexity index is 633. The van der Waals surface area contributed by atoms with Gasteiger partial charge in [0.25, 0.3) is 5.91 Å². The number of aliphatic carboxylic acids is 1. The van der Waals surface area contributed by atoms with Crippen molar-refractivity contribution < 1.29 is 43.2 Å². The van der Waals surface area contributed by atoms with Crippen molar-refractivity contribution in [3.8, 4) is 0 Å². The highest BCUT2D eigenvalue weighted by Crippen LogP contribution is 2.11. The molecule has 0 heterocycles. The number of quaternary nitrogens is 1. The molecule has 0 saturated heterocycles. The van der Waals surface area contributed by atoms with Crippen molar-refractivity contribution in [2.24, 2.45) is 5.73 Å². The summed E-state index contributed by atoms with van der Waals surface area (Å²) in [6.07, 6.45) is 5.38. The van der Waals surface area contributed by atoms with E-state index in [0.29, 0.717) is 19.3 Å².